The number of carbonyl (C=O) groups excluding carboxylic acids is 1. The molecule has 7 nitrogen and oxygen atoms in total. The minimum absolute atomic E-state index is 0.0398. The van der Waals surface area contributed by atoms with Crippen molar-refractivity contribution in [3.05, 3.63) is 27.8 Å². The zero-order chi connectivity index (χ0) is 14.5. The second-order valence-corrected chi connectivity index (χ2v) is 5.87. The molecule has 20 heavy (non-hydrogen) atoms. The average Bonchev–Trinajstić information content (AvgIpc) is 2.35. The minimum atomic E-state index is -0.158. The van der Waals surface area contributed by atoms with Crippen molar-refractivity contribution >= 4 is 57.8 Å². The summed E-state index contributed by atoms with van der Waals surface area (Å²) in [6.07, 6.45) is 0. The largest absolute Gasteiger partial charge is 0.368 e. The van der Waals surface area contributed by atoms with Crippen LogP contribution in [-0.4, -0.2) is 26.6 Å². The van der Waals surface area contributed by atoms with E-state index in [1.54, 1.807) is 0 Å². The predicted octanol–water partition coefficient (Wildman–Crippen LogP) is 1.37. The zero-order valence-electron chi connectivity index (χ0n) is 10.2. The number of nitrogens with one attached hydrogen (secondary N) is 1. The van der Waals surface area contributed by atoms with Crippen molar-refractivity contribution in [2.75, 3.05) is 22.5 Å². The van der Waals surface area contributed by atoms with Crippen molar-refractivity contribution in [1.29, 1.82) is 0 Å². The van der Waals surface area contributed by atoms with Crippen LogP contribution in [0.1, 0.15) is 0 Å². The number of hydrogen-bond acceptors (Lipinski definition) is 7. The Bertz CT molecular complexity index is 618. The summed E-state index contributed by atoms with van der Waals surface area (Å²) < 4.78 is 1.05. The molecule has 2 rings (SSSR count). The van der Waals surface area contributed by atoms with E-state index < -0.39 is 0 Å². The first kappa shape index (κ1) is 14.8. The summed E-state index contributed by atoms with van der Waals surface area (Å²) >= 11 is 3.32. The van der Waals surface area contributed by atoms with Crippen molar-refractivity contribution in [2.24, 2.45) is 0 Å². The Morgan fingerprint density at radius 1 is 1.25 bits per heavy atom. The first-order valence-electron chi connectivity index (χ1n) is 5.48. The fraction of sp³-hybridized carbons (Fsp3) is 0.0909. The molecule has 104 valence electrons. The highest BCUT2D eigenvalue weighted by Gasteiger charge is 2.07. The number of aromatic nitrogens is 3. The predicted molar refractivity (Wildman–Crippen MR) is 87.2 cm³/mol. The number of amides is 1. The first-order valence-corrected chi connectivity index (χ1v) is 7.54. The first-order chi connectivity index (χ1) is 9.52. The number of benzene rings is 1. The topological polar surface area (TPSA) is 120 Å². The third kappa shape index (κ3) is 4.49. The van der Waals surface area contributed by atoms with Gasteiger partial charge in [0.2, 0.25) is 17.8 Å². The molecule has 0 unspecified atom stereocenters. The van der Waals surface area contributed by atoms with E-state index in [2.05, 4.69) is 42.9 Å². The highest BCUT2D eigenvalue weighted by molar-refractivity contribution is 14.1. The molecule has 5 N–H and O–H groups in total. The Hall–Kier alpha value is -1.62. The Kier molecular flexibility index (Phi) is 4.95. The van der Waals surface area contributed by atoms with E-state index in [0.717, 1.165) is 21.0 Å². The van der Waals surface area contributed by atoms with E-state index in [0.29, 0.717) is 5.16 Å². The second-order valence-electron chi connectivity index (χ2n) is 3.68. The smallest absolute Gasteiger partial charge is 0.234 e. The van der Waals surface area contributed by atoms with E-state index in [9.17, 15) is 4.79 Å². The monoisotopic (exact) mass is 402 g/mol. The lowest BCUT2D eigenvalue weighted by atomic mass is 10.3. The third-order valence-electron chi connectivity index (χ3n) is 2.09. The van der Waals surface area contributed by atoms with Gasteiger partial charge in [-0.15, -0.1) is 0 Å². The number of hydrogen-bond donors (Lipinski definition) is 3. The summed E-state index contributed by atoms with van der Waals surface area (Å²) in [7, 11) is 0. The highest BCUT2D eigenvalue weighted by Crippen LogP contribution is 2.16. The molecule has 0 bridgehead atoms. The fourth-order valence-corrected chi connectivity index (χ4v) is 2.54. The maximum absolute atomic E-state index is 11.8. The molecule has 1 heterocycles. The van der Waals surface area contributed by atoms with Gasteiger partial charge in [0.05, 0.1) is 5.75 Å². The number of halogens is 1. The summed E-state index contributed by atoms with van der Waals surface area (Å²) in [4.78, 5) is 23.2. The number of nitrogens with zero attached hydrogens (tertiary/aromatic N) is 3. The van der Waals surface area contributed by atoms with Crippen LogP contribution < -0.4 is 16.8 Å². The molecule has 0 aliphatic rings. The summed E-state index contributed by atoms with van der Waals surface area (Å²) in [6, 6.07) is 7.52. The standard InChI is InChI=1S/C11H11IN6OS/c12-6-2-1-3-7(4-6)15-8(19)5-20-11-17-9(13)16-10(14)18-11/h1-4H,5H2,(H,15,19)(H4,13,14,16,17,18). The molecular formula is C11H11IN6OS. The van der Waals surface area contributed by atoms with Crippen molar-refractivity contribution < 1.29 is 4.79 Å². The van der Waals surface area contributed by atoms with Crippen molar-refractivity contribution in [1.82, 2.24) is 15.0 Å². The molecule has 0 fully saturated rings. The normalized spacial score (nSPS) is 10.2. The molecule has 1 aromatic heterocycles. The quantitative estimate of drug-likeness (QED) is 0.522. The van der Waals surface area contributed by atoms with Crippen molar-refractivity contribution in [2.45, 2.75) is 5.16 Å². The number of thioether (sulfide) groups is 1. The van der Waals surface area contributed by atoms with Crippen LogP contribution in [0.25, 0.3) is 0 Å². The molecule has 9 heteroatoms. The van der Waals surface area contributed by atoms with Crippen molar-refractivity contribution in [3.8, 4) is 0 Å². The molecule has 2 aromatic rings. The number of carbonyl (C=O) groups is 1. The number of nitrogen functional groups attached to an aromatic ring is 2. The van der Waals surface area contributed by atoms with Gasteiger partial charge in [0.1, 0.15) is 0 Å². The minimum Gasteiger partial charge on any atom is -0.368 e. The Morgan fingerprint density at radius 3 is 2.60 bits per heavy atom. The van der Waals surface area contributed by atoms with Gasteiger partial charge >= 0.3 is 0 Å². The van der Waals surface area contributed by atoms with Gasteiger partial charge < -0.3 is 16.8 Å². The second kappa shape index (κ2) is 6.70. The lowest BCUT2D eigenvalue weighted by Gasteiger charge is -2.05. The highest BCUT2D eigenvalue weighted by atomic mass is 127. The van der Waals surface area contributed by atoms with Crippen molar-refractivity contribution in [3.63, 3.8) is 0 Å². The molecule has 0 atom stereocenters. The molecular weight excluding hydrogens is 391 g/mol. The van der Waals surface area contributed by atoms with E-state index in [4.69, 9.17) is 11.5 Å². The summed E-state index contributed by atoms with van der Waals surface area (Å²) in [5.41, 5.74) is 11.6. The van der Waals surface area contributed by atoms with Gasteiger partial charge in [0.25, 0.3) is 0 Å². The Balaban J connectivity index is 1.92. The molecule has 0 saturated carbocycles. The van der Waals surface area contributed by atoms with Gasteiger partial charge in [-0.1, -0.05) is 17.8 Å². The molecule has 0 radical (unpaired) electrons. The average molecular weight is 402 g/mol. The lowest BCUT2D eigenvalue weighted by Crippen LogP contribution is -2.14. The van der Waals surface area contributed by atoms with Crippen LogP contribution >= 0.6 is 34.4 Å². The molecule has 0 spiro atoms. The van der Waals surface area contributed by atoms with Gasteiger partial charge in [-0.3, -0.25) is 4.79 Å². The molecule has 0 aliphatic carbocycles. The Labute approximate surface area is 133 Å². The molecule has 1 aromatic carbocycles. The van der Waals surface area contributed by atoms with E-state index >= 15 is 0 Å². The van der Waals surface area contributed by atoms with Gasteiger partial charge in [-0.2, -0.15) is 15.0 Å². The van der Waals surface area contributed by atoms with Crippen LogP contribution in [-0.2, 0) is 4.79 Å². The number of anilines is 3. The maximum Gasteiger partial charge on any atom is 0.234 e. The maximum atomic E-state index is 11.8. The van der Waals surface area contributed by atoms with Crippen LogP contribution in [0, 0.1) is 3.57 Å². The number of nitrogens with two attached hydrogens (primary N) is 2. The molecule has 1 amide bonds. The van der Waals surface area contributed by atoms with E-state index in [1.165, 1.54) is 0 Å². The number of rotatable bonds is 4. The van der Waals surface area contributed by atoms with Gasteiger partial charge in [0, 0.05) is 9.26 Å². The summed E-state index contributed by atoms with van der Waals surface area (Å²) in [6.45, 7) is 0. The molecule has 0 saturated heterocycles. The van der Waals surface area contributed by atoms with Gasteiger partial charge in [0.15, 0.2) is 5.16 Å². The van der Waals surface area contributed by atoms with Crippen LogP contribution in [0.2, 0.25) is 0 Å². The van der Waals surface area contributed by atoms with E-state index in [-0.39, 0.29) is 23.6 Å². The summed E-state index contributed by atoms with van der Waals surface area (Å²) in [5.74, 6) is 0.0829. The summed E-state index contributed by atoms with van der Waals surface area (Å²) in [5, 5.41) is 3.11. The van der Waals surface area contributed by atoms with Gasteiger partial charge in [-0.05, 0) is 40.8 Å². The van der Waals surface area contributed by atoms with Gasteiger partial charge in [-0.25, -0.2) is 0 Å². The molecule has 0 aliphatic heterocycles. The van der Waals surface area contributed by atoms with Crippen LogP contribution in [0.5, 0.6) is 0 Å². The lowest BCUT2D eigenvalue weighted by molar-refractivity contribution is -0.113. The van der Waals surface area contributed by atoms with Crippen LogP contribution in [0.3, 0.4) is 0 Å². The van der Waals surface area contributed by atoms with Crippen LogP contribution in [0.4, 0.5) is 17.6 Å². The zero-order valence-corrected chi connectivity index (χ0v) is 13.2. The third-order valence-corrected chi connectivity index (χ3v) is 3.61. The van der Waals surface area contributed by atoms with E-state index in [1.807, 2.05) is 24.3 Å². The fourth-order valence-electron chi connectivity index (χ4n) is 1.35. The SMILES string of the molecule is Nc1nc(N)nc(SCC(=O)Nc2cccc(I)c2)n1. The van der Waals surface area contributed by atoms with Crippen LogP contribution in [0.15, 0.2) is 29.4 Å². The Morgan fingerprint density at radius 2 is 1.95 bits per heavy atom.